The molecule has 11 aromatic carbocycles. The van der Waals surface area contributed by atoms with Gasteiger partial charge in [-0.3, -0.25) is 0 Å². The Hall–Kier alpha value is -9.45. The van der Waals surface area contributed by atoms with E-state index in [0.29, 0.717) is 12.1 Å². The molecule has 2 saturated carbocycles. The number of hydrogen-bond donors (Lipinski definition) is 0. The molecular formula is C75H57B2N5. The third-order valence-electron chi connectivity index (χ3n) is 19.6. The van der Waals surface area contributed by atoms with Crippen LogP contribution in [0.5, 0.6) is 0 Å². The lowest BCUT2D eigenvalue weighted by atomic mass is 9.30. The van der Waals surface area contributed by atoms with Crippen LogP contribution in [0.1, 0.15) is 32.1 Å². The zero-order chi connectivity index (χ0) is 53.6. The number of nitrogens with zero attached hydrogens (tertiary/aromatic N) is 5. The van der Waals surface area contributed by atoms with Crippen molar-refractivity contribution in [2.45, 2.75) is 44.2 Å². The van der Waals surface area contributed by atoms with E-state index in [-0.39, 0.29) is 13.4 Å². The zero-order valence-electron chi connectivity index (χ0n) is 45.6. The van der Waals surface area contributed by atoms with Gasteiger partial charge in [-0.1, -0.05) is 182 Å². The maximum absolute atomic E-state index is 2.91. The molecule has 0 amide bonds. The molecule has 0 radical (unpaired) electrons. The average Bonchev–Trinajstić information content (AvgIpc) is 1.19. The summed E-state index contributed by atoms with van der Waals surface area (Å²) in [6.45, 7) is -0.147. The van der Waals surface area contributed by atoms with E-state index in [0.717, 1.165) is 23.2 Å². The normalized spacial score (nSPS) is 19.0. The van der Waals surface area contributed by atoms with Crippen LogP contribution in [0, 0.1) is 11.8 Å². The van der Waals surface area contributed by atoms with Crippen molar-refractivity contribution in [2.24, 2.45) is 11.8 Å². The maximum Gasteiger partial charge on any atom is 0.252 e. The van der Waals surface area contributed by atoms with Gasteiger partial charge in [-0.05, 0) is 167 Å². The molecule has 7 heteroatoms. The summed E-state index contributed by atoms with van der Waals surface area (Å²) < 4.78 is 0. The number of piperidine rings is 2. The molecule has 0 atom stereocenters. The van der Waals surface area contributed by atoms with E-state index >= 15 is 0 Å². The molecule has 2 aliphatic carbocycles. The van der Waals surface area contributed by atoms with E-state index in [9.17, 15) is 0 Å². The van der Waals surface area contributed by atoms with Crippen LogP contribution in [0.25, 0.3) is 22.3 Å². The van der Waals surface area contributed by atoms with E-state index in [1.165, 1.54) is 150 Å². The van der Waals surface area contributed by atoms with Gasteiger partial charge in [-0.15, -0.1) is 0 Å². The Bertz CT molecular complexity index is 4260. The van der Waals surface area contributed by atoms with Gasteiger partial charge in [-0.25, -0.2) is 0 Å². The summed E-state index contributed by atoms with van der Waals surface area (Å²) in [6, 6.07) is 99.8. The van der Waals surface area contributed by atoms with Crippen molar-refractivity contribution in [3.63, 3.8) is 0 Å². The molecule has 19 rings (SSSR count). The van der Waals surface area contributed by atoms with Crippen molar-refractivity contribution in [3.8, 4) is 22.3 Å². The highest BCUT2D eigenvalue weighted by Gasteiger charge is 2.51. The Labute approximate surface area is 481 Å². The Morgan fingerprint density at radius 1 is 0.268 bits per heavy atom. The topological polar surface area (TPSA) is 16.2 Å². The van der Waals surface area contributed by atoms with Gasteiger partial charge in [0, 0.05) is 91.5 Å². The predicted molar refractivity (Wildman–Crippen MR) is 345 cm³/mol. The first-order chi connectivity index (χ1) is 40.7. The molecule has 0 spiro atoms. The zero-order valence-corrected chi connectivity index (χ0v) is 45.6. The van der Waals surface area contributed by atoms with Crippen LogP contribution in [0.15, 0.2) is 261 Å². The van der Waals surface area contributed by atoms with Gasteiger partial charge in [0.25, 0.3) is 13.4 Å². The van der Waals surface area contributed by atoms with E-state index in [4.69, 9.17) is 0 Å². The molecule has 4 bridgehead atoms. The summed E-state index contributed by atoms with van der Waals surface area (Å²) in [6.07, 6.45) is 6.61. The second kappa shape index (κ2) is 18.0. The first kappa shape index (κ1) is 46.3. The van der Waals surface area contributed by atoms with E-state index in [1.54, 1.807) is 0 Å². The smallest absolute Gasteiger partial charge is 0.252 e. The Morgan fingerprint density at radius 2 is 0.646 bits per heavy atom. The van der Waals surface area contributed by atoms with Gasteiger partial charge in [0.2, 0.25) is 0 Å². The molecule has 0 aromatic heterocycles. The number of para-hydroxylation sites is 6. The van der Waals surface area contributed by atoms with Gasteiger partial charge in [0.15, 0.2) is 0 Å². The van der Waals surface area contributed by atoms with E-state index in [2.05, 4.69) is 285 Å². The standard InChI is InChI=1S/C75H57B2N5/c1-6-22-51(23-7-1)59-32-20-33-60(52-24-8-2-9-25-52)75(59)82-68-39-21-38-67-73(68)76(61-34-16-18-36-65(61)79(67)53-26-10-3-11-27-53)64-47-63-69(48-70(64)82)81(55-30-14-5-15-31-55)72-46-58(78-56-41-49-40-50(43-56)44-57(78)42-49)45-71-74(72)77(63)62-35-17-19-37-66(62)80(71)54-28-12-4-13-29-54/h1-39,45-50,56-57H,40-44H2. The highest BCUT2D eigenvalue weighted by Crippen LogP contribution is 2.55. The third-order valence-corrected chi connectivity index (χ3v) is 19.6. The number of anilines is 13. The van der Waals surface area contributed by atoms with Crippen LogP contribution in [-0.2, 0) is 0 Å². The Balaban J connectivity index is 0.972. The Kier molecular flexibility index (Phi) is 10.2. The molecule has 6 heterocycles. The molecular weight excluding hydrogens is 992 g/mol. The van der Waals surface area contributed by atoms with Crippen LogP contribution in [0.2, 0.25) is 0 Å². The van der Waals surface area contributed by atoms with Crippen LogP contribution in [-0.4, -0.2) is 25.5 Å². The van der Waals surface area contributed by atoms with Crippen molar-refractivity contribution in [1.29, 1.82) is 0 Å². The van der Waals surface area contributed by atoms with Crippen molar-refractivity contribution < 1.29 is 0 Å². The summed E-state index contributed by atoms with van der Waals surface area (Å²) >= 11 is 0. The lowest BCUT2D eigenvalue weighted by Crippen LogP contribution is -2.65. The fourth-order valence-electron chi connectivity index (χ4n) is 16.7. The maximum atomic E-state index is 2.91. The number of fused-ring (bicyclic) bond motifs is 8. The third kappa shape index (κ3) is 6.77. The van der Waals surface area contributed by atoms with Gasteiger partial charge < -0.3 is 24.5 Å². The van der Waals surface area contributed by atoms with E-state index in [1.807, 2.05) is 0 Å². The minimum Gasteiger partial charge on any atom is -0.365 e. The molecule has 11 aromatic rings. The second-order valence-corrected chi connectivity index (χ2v) is 24.0. The number of hydrogen-bond acceptors (Lipinski definition) is 5. The molecule has 0 N–H and O–H groups in total. The number of benzene rings is 11. The molecule has 82 heavy (non-hydrogen) atoms. The highest BCUT2D eigenvalue weighted by atomic mass is 15.2. The van der Waals surface area contributed by atoms with Gasteiger partial charge in [0.05, 0.1) is 5.69 Å². The molecule has 5 nitrogen and oxygen atoms in total. The molecule has 2 saturated heterocycles. The lowest BCUT2D eigenvalue weighted by Gasteiger charge is -2.58. The van der Waals surface area contributed by atoms with Crippen molar-refractivity contribution in [2.75, 3.05) is 24.5 Å². The SMILES string of the molecule is c1ccc(-c2cccc(-c3ccccc3)c2N2c3cc4c(cc3B3c5ccccc5N(c5ccccc5)c5cccc2c53)B2c3ccccc3N(c3ccccc3)c3cc(N5C6CC7CC(C6)CC5C7)cc(c32)N4c2ccccc2)cc1. The molecule has 8 aliphatic rings. The fourth-order valence-corrected chi connectivity index (χ4v) is 16.7. The van der Waals surface area contributed by atoms with Gasteiger partial charge in [-0.2, -0.15) is 0 Å². The fraction of sp³-hybridized carbons (Fsp3) is 0.120. The highest BCUT2D eigenvalue weighted by molar-refractivity contribution is 7.03. The van der Waals surface area contributed by atoms with Gasteiger partial charge in [0.1, 0.15) is 0 Å². The van der Waals surface area contributed by atoms with Crippen LogP contribution in [0.3, 0.4) is 0 Å². The van der Waals surface area contributed by atoms with Crippen molar-refractivity contribution in [1.82, 2.24) is 0 Å². The van der Waals surface area contributed by atoms with Gasteiger partial charge >= 0.3 is 0 Å². The summed E-state index contributed by atoms with van der Waals surface area (Å²) in [5, 5.41) is 0. The van der Waals surface area contributed by atoms with Crippen molar-refractivity contribution in [3.05, 3.63) is 261 Å². The minimum atomic E-state index is -0.0826. The molecule has 0 unspecified atom stereocenters. The van der Waals surface area contributed by atoms with E-state index < -0.39 is 0 Å². The molecule has 6 aliphatic heterocycles. The quantitative estimate of drug-likeness (QED) is 0.147. The van der Waals surface area contributed by atoms with Crippen LogP contribution < -0.4 is 57.3 Å². The average molecular weight is 1050 g/mol. The largest absolute Gasteiger partial charge is 0.365 e. The minimum absolute atomic E-state index is 0.0646. The summed E-state index contributed by atoms with van der Waals surface area (Å²) in [4.78, 5) is 13.4. The summed E-state index contributed by atoms with van der Waals surface area (Å²) in [5.74, 6) is 1.70. The Morgan fingerprint density at radius 3 is 1.15 bits per heavy atom. The van der Waals surface area contributed by atoms with Crippen molar-refractivity contribution >= 4 is 120 Å². The monoisotopic (exact) mass is 1050 g/mol. The first-order valence-electron chi connectivity index (χ1n) is 29.7. The second-order valence-electron chi connectivity index (χ2n) is 24.0. The summed E-state index contributed by atoms with van der Waals surface area (Å²) in [7, 11) is 0. The predicted octanol–water partition coefficient (Wildman–Crippen LogP) is 15.0. The van der Waals surface area contributed by atoms with Crippen LogP contribution in [0.4, 0.5) is 73.9 Å². The first-order valence-corrected chi connectivity index (χ1v) is 29.7. The molecule has 4 fully saturated rings. The summed E-state index contributed by atoms with van der Waals surface area (Å²) in [5.41, 5.74) is 28.5. The lowest BCUT2D eigenvalue weighted by molar-refractivity contribution is 0.0900. The van der Waals surface area contributed by atoms with Crippen LogP contribution >= 0.6 is 0 Å². The molecule has 388 valence electrons. The number of rotatable bonds is 7.